The van der Waals surface area contributed by atoms with Crippen LogP contribution in [0.2, 0.25) is 0 Å². The van der Waals surface area contributed by atoms with E-state index in [0.29, 0.717) is 0 Å². The van der Waals surface area contributed by atoms with Crippen molar-refractivity contribution in [3.05, 3.63) is 23.3 Å². The van der Waals surface area contributed by atoms with E-state index in [9.17, 15) is 10.2 Å². The van der Waals surface area contributed by atoms with Crippen molar-refractivity contribution in [2.45, 2.75) is 12.8 Å². The normalized spacial score (nSPS) is 17.5. The highest BCUT2D eigenvalue weighted by molar-refractivity contribution is 5.46. The molecule has 76 valence electrons. The van der Waals surface area contributed by atoms with E-state index >= 15 is 0 Å². The molecule has 0 spiro atoms. The maximum Gasteiger partial charge on any atom is 0.157 e. The Labute approximate surface area is 83.6 Å². The van der Waals surface area contributed by atoms with Crippen molar-refractivity contribution >= 4 is 0 Å². The van der Waals surface area contributed by atoms with E-state index in [2.05, 4.69) is 11.9 Å². The minimum absolute atomic E-state index is 0.00620. The van der Waals surface area contributed by atoms with Crippen LogP contribution in [0.15, 0.2) is 12.1 Å². The van der Waals surface area contributed by atoms with E-state index < -0.39 is 0 Å². The number of phenols is 2. The third kappa shape index (κ3) is 1.68. The van der Waals surface area contributed by atoms with Gasteiger partial charge in [-0.3, -0.25) is 0 Å². The summed E-state index contributed by atoms with van der Waals surface area (Å²) in [7, 11) is 2.09. The van der Waals surface area contributed by atoms with Gasteiger partial charge >= 0.3 is 0 Å². The van der Waals surface area contributed by atoms with Crippen LogP contribution >= 0.6 is 0 Å². The highest BCUT2D eigenvalue weighted by atomic mass is 16.3. The topological polar surface area (TPSA) is 43.7 Å². The van der Waals surface area contributed by atoms with Crippen LogP contribution in [-0.4, -0.2) is 35.3 Å². The van der Waals surface area contributed by atoms with Crippen LogP contribution in [0.5, 0.6) is 11.5 Å². The minimum atomic E-state index is -0.00620. The van der Waals surface area contributed by atoms with E-state index in [1.54, 1.807) is 12.1 Å². The lowest BCUT2D eigenvalue weighted by molar-refractivity contribution is 0.352. The zero-order valence-corrected chi connectivity index (χ0v) is 8.32. The first-order valence-electron chi connectivity index (χ1n) is 4.89. The van der Waals surface area contributed by atoms with E-state index in [1.807, 2.05) is 0 Å². The van der Waals surface area contributed by atoms with Crippen LogP contribution in [0, 0.1) is 0 Å². The van der Waals surface area contributed by atoms with Crippen molar-refractivity contribution in [1.29, 1.82) is 0 Å². The first-order chi connectivity index (χ1) is 6.66. The number of hydrogen-bond donors (Lipinski definition) is 2. The molecule has 1 heterocycles. The minimum Gasteiger partial charge on any atom is -0.504 e. The first-order valence-corrected chi connectivity index (χ1v) is 4.89. The van der Waals surface area contributed by atoms with Gasteiger partial charge in [-0.15, -0.1) is 0 Å². The molecule has 2 N–H and O–H groups in total. The molecule has 0 radical (unpaired) electrons. The second-order valence-corrected chi connectivity index (χ2v) is 3.91. The molecule has 0 bridgehead atoms. The molecule has 1 aromatic carbocycles. The molecule has 0 aromatic heterocycles. The number of phenolic OH excluding ortho intramolecular Hbond substituents is 2. The third-order valence-electron chi connectivity index (χ3n) is 2.82. The van der Waals surface area contributed by atoms with E-state index in [0.717, 1.165) is 37.1 Å². The number of nitrogens with zero attached hydrogens (tertiary/aromatic N) is 1. The monoisotopic (exact) mass is 193 g/mol. The Morgan fingerprint density at radius 2 is 1.43 bits per heavy atom. The fourth-order valence-electron chi connectivity index (χ4n) is 1.86. The summed E-state index contributed by atoms with van der Waals surface area (Å²) in [6.45, 7) is 2.02. The molecule has 0 amide bonds. The number of likely N-dealkylation sites (N-methyl/N-ethyl adjacent to an activating group) is 1. The highest BCUT2D eigenvalue weighted by Crippen LogP contribution is 2.29. The van der Waals surface area contributed by atoms with Gasteiger partial charge in [0.05, 0.1) is 0 Å². The fraction of sp³-hybridized carbons (Fsp3) is 0.455. The predicted molar refractivity (Wildman–Crippen MR) is 54.7 cm³/mol. The Balaban J connectivity index is 2.36. The van der Waals surface area contributed by atoms with Gasteiger partial charge in [0, 0.05) is 13.1 Å². The summed E-state index contributed by atoms with van der Waals surface area (Å²) in [5.74, 6) is -0.0124. The van der Waals surface area contributed by atoms with Crippen molar-refractivity contribution in [2.75, 3.05) is 20.1 Å². The highest BCUT2D eigenvalue weighted by Gasteiger charge is 2.13. The largest absolute Gasteiger partial charge is 0.504 e. The summed E-state index contributed by atoms with van der Waals surface area (Å²) < 4.78 is 0. The van der Waals surface area contributed by atoms with Gasteiger partial charge in [0.25, 0.3) is 0 Å². The Bertz CT molecular complexity index is 316. The standard InChI is InChI=1S/C11H15NO2/c1-12-4-2-8-6-10(13)11(14)7-9(8)3-5-12/h6-7,13-14H,2-5H2,1H3. The van der Waals surface area contributed by atoms with Crippen LogP contribution < -0.4 is 0 Å². The van der Waals surface area contributed by atoms with E-state index in [1.165, 1.54) is 0 Å². The molecule has 0 fully saturated rings. The smallest absolute Gasteiger partial charge is 0.157 e. The molecule has 0 unspecified atom stereocenters. The average Bonchev–Trinajstić information content (AvgIpc) is 2.31. The van der Waals surface area contributed by atoms with Gasteiger partial charge in [0.1, 0.15) is 0 Å². The Morgan fingerprint density at radius 3 is 1.86 bits per heavy atom. The van der Waals surface area contributed by atoms with Crippen LogP contribution in [0.4, 0.5) is 0 Å². The molecular weight excluding hydrogens is 178 g/mol. The number of benzene rings is 1. The number of rotatable bonds is 0. The van der Waals surface area contributed by atoms with Gasteiger partial charge in [-0.25, -0.2) is 0 Å². The SMILES string of the molecule is CN1CCc2cc(O)c(O)cc2CC1. The van der Waals surface area contributed by atoms with Gasteiger partial charge in [0.2, 0.25) is 0 Å². The molecule has 0 atom stereocenters. The molecular formula is C11H15NO2. The summed E-state index contributed by atoms with van der Waals surface area (Å²) in [4.78, 5) is 2.26. The van der Waals surface area contributed by atoms with Crippen LogP contribution in [0.1, 0.15) is 11.1 Å². The lowest BCUT2D eigenvalue weighted by Gasteiger charge is -2.10. The quantitative estimate of drug-likeness (QED) is 0.607. The molecule has 1 aliphatic rings. The molecule has 0 saturated carbocycles. The predicted octanol–water partition coefficient (Wildman–Crippen LogP) is 1.13. The first kappa shape index (κ1) is 9.34. The number of fused-ring (bicyclic) bond motifs is 1. The van der Waals surface area contributed by atoms with E-state index in [4.69, 9.17) is 0 Å². The van der Waals surface area contributed by atoms with Crippen molar-refractivity contribution in [3.8, 4) is 11.5 Å². The van der Waals surface area contributed by atoms with Crippen molar-refractivity contribution in [2.24, 2.45) is 0 Å². The summed E-state index contributed by atoms with van der Waals surface area (Å²) in [6, 6.07) is 3.37. The number of hydrogen-bond acceptors (Lipinski definition) is 3. The molecule has 3 nitrogen and oxygen atoms in total. The Morgan fingerprint density at radius 1 is 1.00 bits per heavy atom. The fourth-order valence-corrected chi connectivity index (χ4v) is 1.86. The molecule has 0 saturated heterocycles. The van der Waals surface area contributed by atoms with Gasteiger partial charge in [-0.05, 0) is 43.1 Å². The number of aromatic hydroxyl groups is 2. The van der Waals surface area contributed by atoms with Crippen LogP contribution in [0.25, 0.3) is 0 Å². The zero-order valence-electron chi connectivity index (χ0n) is 8.32. The second kappa shape index (κ2) is 3.50. The zero-order chi connectivity index (χ0) is 10.1. The maximum atomic E-state index is 9.37. The summed E-state index contributed by atoms with van der Waals surface area (Å²) in [5.41, 5.74) is 2.31. The lowest BCUT2D eigenvalue weighted by Crippen LogP contribution is -2.20. The molecule has 1 aromatic rings. The molecule has 3 heteroatoms. The third-order valence-corrected chi connectivity index (χ3v) is 2.82. The maximum absolute atomic E-state index is 9.37. The Kier molecular flexibility index (Phi) is 2.33. The van der Waals surface area contributed by atoms with Crippen LogP contribution in [0.3, 0.4) is 0 Å². The van der Waals surface area contributed by atoms with Gasteiger partial charge in [-0.2, -0.15) is 0 Å². The average molecular weight is 193 g/mol. The lowest BCUT2D eigenvalue weighted by atomic mass is 10.0. The second-order valence-electron chi connectivity index (χ2n) is 3.91. The summed E-state index contributed by atoms with van der Waals surface area (Å²) in [5, 5.41) is 18.7. The van der Waals surface area contributed by atoms with Crippen LogP contribution in [-0.2, 0) is 12.8 Å². The summed E-state index contributed by atoms with van der Waals surface area (Å²) >= 11 is 0. The molecule has 2 rings (SSSR count). The van der Waals surface area contributed by atoms with Crippen molar-refractivity contribution in [1.82, 2.24) is 4.90 Å². The van der Waals surface area contributed by atoms with Gasteiger partial charge < -0.3 is 15.1 Å². The van der Waals surface area contributed by atoms with Gasteiger partial charge in [-0.1, -0.05) is 0 Å². The molecule has 14 heavy (non-hydrogen) atoms. The van der Waals surface area contributed by atoms with E-state index in [-0.39, 0.29) is 11.5 Å². The van der Waals surface area contributed by atoms with Gasteiger partial charge in [0.15, 0.2) is 11.5 Å². The van der Waals surface area contributed by atoms with Crippen molar-refractivity contribution < 1.29 is 10.2 Å². The molecule has 1 aliphatic heterocycles. The summed E-state index contributed by atoms with van der Waals surface area (Å²) in [6.07, 6.45) is 1.89. The molecule has 0 aliphatic carbocycles. The van der Waals surface area contributed by atoms with Crippen molar-refractivity contribution in [3.63, 3.8) is 0 Å². The Hall–Kier alpha value is -1.22.